The summed E-state index contributed by atoms with van der Waals surface area (Å²) in [7, 11) is 0. The molecule has 1 aliphatic carbocycles. The van der Waals surface area contributed by atoms with Gasteiger partial charge in [0, 0.05) is 17.9 Å². The Morgan fingerprint density at radius 2 is 1.94 bits per heavy atom. The number of aliphatic carboxylic acids is 1. The third kappa shape index (κ3) is 4.97. The lowest BCUT2D eigenvalue weighted by atomic mass is 9.88. The van der Waals surface area contributed by atoms with Crippen LogP contribution >= 0.6 is 0 Å². The first-order valence-corrected chi connectivity index (χ1v) is 11.4. The number of hydrogen-bond donors (Lipinski definition) is 1. The van der Waals surface area contributed by atoms with E-state index >= 15 is 0 Å². The number of pyridine rings is 1. The zero-order chi connectivity index (χ0) is 22.7. The number of benzene rings is 1. The normalized spacial score (nSPS) is 18.8. The molecule has 1 unspecified atom stereocenters. The van der Waals surface area contributed by atoms with Gasteiger partial charge in [-0.2, -0.15) is 0 Å². The van der Waals surface area contributed by atoms with Crippen molar-refractivity contribution in [3.63, 3.8) is 0 Å². The van der Waals surface area contributed by atoms with E-state index < -0.39 is 23.6 Å². The van der Waals surface area contributed by atoms with Gasteiger partial charge in [0.15, 0.2) is 11.6 Å². The van der Waals surface area contributed by atoms with Crippen LogP contribution in [-0.2, 0) is 28.9 Å². The predicted octanol–water partition coefficient (Wildman–Crippen LogP) is 4.63. The Morgan fingerprint density at radius 3 is 2.69 bits per heavy atom. The van der Waals surface area contributed by atoms with Gasteiger partial charge >= 0.3 is 5.97 Å². The number of carboxylic acid groups (broad SMARTS) is 1. The summed E-state index contributed by atoms with van der Waals surface area (Å²) in [4.78, 5) is 30.2. The number of nitrogens with zero attached hydrogens (tertiary/aromatic N) is 2. The van der Waals surface area contributed by atoms with Crippen LogP contribution in [0.1, 0.15) is 67.1 Å². The van der Waals surface area contributed by atoms with Gasteiger partial charge < -0.3 is 10.0 Å². The van der Waals surface area contributed by atoms with Crippen molar-refractivity contribution in [2.75, 3.05) is 6.54 Å². The average molecular weight is 443 g/mol. The number of unbranched alkanes of at least 4 members (excludes halogenated alkanes) is 1. The lowest BCUT2D eigenvalue weighted by Gasteiger charge is -2.43. The number of aryl methyl sites for hydroxylation is 3. The lowest BCUT2D eigenvalue weighted by Crippen LogP contribution is -2.54. The molecule has 1 aliphatic heterocycles. The molecule has 2 atom stereocenters. The molecule has 32 heavy (non-hydrogen) atoms. The van der Waals surface area contributed by atoms with Crippen molar-refractivity contribution in [1.29, 1.82) is 0 Å². The monoisotopic (exact) mass is 442 g/mol. The molecule has 0 spiro atoms. The number of aromatic nitrogens is 1. The second kappa shape index (κ2) is 9.76. The van der Waals surface area contributed by atoms with Gasteiger partial charge in [0.1, 0.15) is 0 Å². The molecule has 4 rings (SSSR count). The summed E-state index contributed by atoms with van der Waals surface area (Å²) in [6, 6.07) is 6.82. The summed E-state index contributed by atoms with van der Waals surface area (Å²) in [6.07, 6.45) is 7.73. The molecule has 2 aromatic rings. The number of carbonyl (C=O) groups excluding carboxylic acids is 1. The molecule has 1 aromatic heterocycles. The molecule has 2 aliphatic rings. The fourth-order valence-electron chi connectivity index (χ4n) is 4.78. The fraction of sp³-hybridized carbons (Fsp3) is 0.480. The van der Waals surface area contributed by atoms with Crippen LogP contribution in [0.4, 0.5) is 8.78 Å². The van der Waals surface area contributed by atoms with Crippen molar-refractivity contribution in [1.82, 2.24) is 9.88 Å². The van der Waals surface area contributed by atoms with E-state index in [1.807, 2.05) is 0 Å². The van der Waals surface area contributed by atoms with E-state index in [2.05, 4.69) is 12.1 Å². The molecule has 5 nitrogen and oxygen atoms in total. The van der Waals surface area contributed by atoms with Crippen molar-refractivity contribution >= 4 is 11.9 Å². The van der Waals surface area contributed by atoms with E-state index in [0.717, 1.165) is 56.4 Å². The molecular formula is C25H28F2N2O3. The molecule has 0 bridgehead atoms. The molecule has 7 heteroatoms. The van der Waals surface area contributed by atoms with E-state index in [4.69, 9.17) is 4.98 Å². The SMILES string of the molecule is O=C(O)C[C@@H](c1ccc(F)c(F)c1)N1CC(CCCCc2ccc3c(n2)CCCC3)C1=O. The van der Waals surface area contributed by atoms with Gasteiger partial charge in [0.2, 0.25) is 5.91 Å². The minimum absolute atomic E-state index is 0.118. The highest BCUT2D eigenvalue weighted by Crippen LogP contribution is 2.35. The van der Waals surface area contributed by atoms with Crippen LogP contribution in [0, 0.1) is 17.6 Å². The average Bonchev–Trinajstić information content (AvgIpc) is 2.78. The lowest BCUT2D eigenvalue weighted by molar-refractivity contribution is -0.154. The molecule has 1 amide bonds. The number of fused-ring (bicyclic) bond motifs is 1. The molecule has 0 saturated carbocycles. The molecule has 2 heterocycles. The highest BCUT2D eigenvalue weighted by Gasteiger charge is 2.41. The molecule has 1 saturated heterocycles. The summed E-state index contributed by atoms with van der Waals surface area (Å²) in [6.45, 7) is 0.437. The number of carboxylic acids is 1. The zero-order valence-corrected chi connectivity index (χ0v) is 18.0. The summed E-state index contributed by atoms with van der Waals surface area (Å²) < 4.78 is 26.9. The number of hydrogen-bond acceptors (Lipinski definition) is 3. The predicted molar refractivity (Wildman–Crippen MR) is 115 cm³/mol. The van der Waals surface area contributed by atoms with E-state index in [0.29, 0.717) is 12.1 Å². The van der Waals surface area contributed by atoms with Crippen molar-refractivity contribution in [3.8, 4) is 0 Å². The van der Waals surface area contributed by atoms with Gasteiger partial charge in [-0.15, -0.1) is 0 Å². The minimum Gasteiger partial charge on any atom is -0.481 e. The van der Waals surface area contributed by atoms with Crippen molar-refractivity contribution in [3.05, 3.63) is 64.5 Å². The first kappa shape index (κ1) is 22.4. The molecule has 0 radical (unpaired) electrons. The Kier molecular flexibility index (Phi) is 6.82. The summed E-state index contributed by atoms with van der Waals surface area (Å²) >= 11 is 0. The van der Waals surface area contributed by atoms with Crippen LogP contribution in [0.15, 0.2) is 30.3 Å². The smallest absolute Gasteiger partial charge is 0.305 e. The number of carbonyl (C=O) groups is 2. The Balaban J connectivity index is 1.28. The van der Waals surface area contributed by atoms with E-state index in [1.165, 1.54) is 35.1 Å². The number of likely N-dealkylation sites (tertiary alicyclic amines) is 1. The van der Waals surface area contributed by atoms with Gasteiger partial charge in [-0.1, -0.05) is 18.6 Å². The van der Waals surface area contributed by atoms with E-state index in [-0.39, 0.29) is 18.2 Å². The first-order valence-electron chi connectivity index (χ1n) is 11.4. The standard InChI is InChI=1S/C25H28F2N2O3/c26-20-12-10-17(13-21(20)27)23(14-24(30)31)29-15-18(25(29)32)6-1-3-7-19-11-9-16-5-2-4-8-22(16)28-19/h9-13,18,23H,1-8,14-15H2,(H,30,31)/t18?,23-/m0/s1. The second-order valence-corrected chi connectivity index (χ2v) is 8.84. The van der Waals surface area contributed by atoms with Gasteiger partial charge in [0.05, 0.1) is 18.4 Å². The van der Waals surface area contributed by atoms with Gasteiger partial charge in [-0.05, 0) is 74.3 Å². The summed E-state index contributed by atoms with van der Waals surface area (Å²) in [5, 5.41) is 9.23. The number of halogens is 2. The van der Waals surface area contributed by atoms with Crippen LogP contribution in [0.25, 0.3) is 0 Å². The second-order valence-electron chi connectivity index (χ2n) is 8.84. The third-order valence-corrected chi connectivity index (χ3v) is 6.59. The van der Waals surface area contributed by atoms with Crippen LogP contribution in [0.5, 0.6) is 0 Å². The number of amides is 1. The van der Waals surface area contributed by atoms with E-state index in [1.54, 1.807) is 0 Å². The van der Waals surface area contributed by atoms with Crippen molar-refractivity contribution < 1.29 is 23.5 Å². The summed E-state index contributed by atoms with van der Waals surface area (Å²) in [5.41, 5.74) is 4.01. The molecule has 1 N–H and O–H groups in total. The highest BCUT2D eigenvalue weighted by molar-refractivity contribution is 5.85. The quantitative estimate of drug-likeness (QED) is 0.454. The third-order valence-electron chi connectivity index (χ3n) is 6.59. The summed E-state index contributed by atoms with van der Waals surface area (Å²) in [5.74, 6) is -3.39. The van der Waals surface area contributed by atoms with Crippen LogP contribution in [-0.4, -0.2) is 33.4 Å². The number of β-lactam (4-membered cyclic amide) rings is 1. The van der Waals surface area contributed by atoms with E-state index in [9.17, 15) is 23.5 Å². The van der Waals surface area contributed by atoms with Crippen LogP contribution in [0.3, 0.4) is 0 Å². The molecule has 1 fully saturated rings. The minimum atomic E-state index is -1.09. The van der Waals surface area contributed by atoms with Crippen LogP contribution in [0.2, 0.25) is 0 Å². The molecular weight excluding hydrogens is 414 g/mol. The Bertz CT molecular complexity index is 1010. The van der Waals surface area contributed by atoms with Crippen molar-refractivity contribution in [2.24, 2.45) is 5.92 Å². The molecule has 170 valence electrons. The zero-order valence-electron chi connectivity index (χ0n) is 18.0. The molecule has 1 aromatic carbocycles. The maximum atomic E-state index is 13.6. The first-order chi connectivity index (χ1) is 15.4. The largest absolute Gasteiger partial charge is 0.481 e. The topological polar surface area (TPSA) is 70.5 Å². The maximum absolute atomic E-state index is 13.6. The Labute approximate surface area is 186 Å². The van der Waals surface area contributed by atoms with Gasteiger partial charge in [-0.25, -0.2) is 8.78 Å². The Morgan fingerprint density at radius 1 is 1.12 bits per heavy atom. The highest BCUT2D eigenvalue weighted by atomic mass is 19.2. The maximum Gasteiger partial charge on any atom is 0.305 e. The number of rotatable bonds is 9. The van der Waals surface area contributed by atoms with Crippen molar-refractivity contribution in [2.45, 2.75) is 63.8 Å². The van der Waals surface area contributed by atoms with Crippen LogP contribution < -0.4 is 0 Å². The van der Waals surface area contributed by atoms with Gasteiger partial charge in [0.25, 0.3) is 0 Å². The fourth-order valence-corrected chi connectivity index (χ4v) is 4.78. The van der Waals surface area contributed by atoms with Gasteiger partial charge in [-0.3, -0.25) is 14.6 Å². The Hall–Kier alpha value is -2.83.